The smallest absolute Gasteiger partial charge is 0.323 e. The molecule has 6 nitrogen and oxygen atoms in total. The van der Waals surface area contributed by atoms with Crippen LogP contribution >= 0.6 is 0 Å². The Bertz CT molecular complexity index is 225. The van der Waals surface area contributed by atoms with Gasteiger partial charge in [0.1, 0.15) is 5.54 Å². The van der Waals surface area contributed by atoms with Gasteiger partial charge in [-0.3, -0.25) is 9.79 Å². The molecule has 0 amide bonds. The molecular weight excluding hydrogens is 184 g/mol. The predicted octanol–water partition coefficient (Wildman–Crippen LogP) is -0.897. The summed E-state index contributed by atoms with van der Waals surface area (Å²) in [5, 5.41) is 11.5. The first-order valence-corrected chi connectivity index (χ1v) is 4.38. The van der Waals surface area contributed by atoms with E-state index in [1.807, 2.05) is 0 Å². The van der Waals surface area contributed by atoms with Gasteiger partial charge in [-0.1, -0.05) is 0 Å². The lowest BCUT2D eigenvalue weighted by atomic mass is 9.98. The fraction of sp³-hybridized carbons (Fsp3) is 0.750. The number of aliphatic carboxylic acids is 1. The molecule has 0 saturated heterocycles. The highest BCUT2D eigenvalue weighted by atomic mass is 16.4. The van der Waals surface area contributed by atoms with E-state index >= 15 is 0 Å². The molecule has 0 radical (unpaired) electrons. The third kappa shape index (κ3) is 4.66. The van der Waals surface area contributed by atoms with Crippen LogP contribution in [-0.2, 0) is 4.79 Å². The number of carboxylic acids is 1. The van der Waals surface area contributed by atoms with Crippen LogP contribution in [0.2, 0.25) is 0 Å². The molecule has 0 aromatic carbocycles. The van der Waals surface area contributed by atoms with Crippen molar-refractivity contribution in [1.82, 2.24) is 5.32 Å². The summed E-state index contributed by atoms with van der Waals surface area (Å²) >= 11 is 0. The maximum Gasteiger partial charge on any atom is 0.323 e. The maximum absolute atomic E-state index is 10.6. The summed E-state index contributed by atoms with van der Waals surface area (Å²) in [5.41, 5.74) is 9.73. The van der Waals surface area contributed by atoms with Crippen molar-refractivity contribution >= 4 is 11.9 Å². The van der Waals surface area contributed by atoms with Crippen LogP contribution in [0.5, 0.6) is 0 Å². The van der Waals surface area contributed by atoms with Crippen LogP contribution in [-0.4, -0.2) is 36.2 Å². The Morgan fingerprint density at radius 2 is 2.21 bits per heavy atom. The van der Waals surface area contributed by atoms with Crippen molar-refractivity contribution in [3.63, 3.8) is 0 Å². The van der Waals surface area contributed by atoms with Gasteiger partial charge in [0.05, 0.1) is 0 Å². The summed E-state index contributed by atoms with van der Waals surface area (Å²) in [6.45, 7) is 2.07. The molecule has 0 aliphatic carbocycles. The largest absolute Gasteiger partial charge is 0.480 e. The summed E-state index contributed by atoms with van der Waals surface area (Å²) in [6, 6.07) is 0. The van der Waals surface area contributed by atoms with Gasteiger partial charge in [-0.15, -0.1) is 0 Å². The Labute approximate surface area is 83.4 Å². The second-order valence-electron chi connectivity index (χ2n) is 3.36. The second kappa shape index (κ2) is 5.43. The Balaban J connectivity index is 3.70. The molecule has 1 unspecified atom stereocenters. The zero-order valence-electron chi connectivity index (χ0n) is 8.58. The summed E-state index contributed by atoms with van der Waals surface area (Å²) in [7, 11) is 1.58. The molecule has 0 spiro atoms. The Morgan fingerprint density at radius 3 is 2.64 bits per heavy atom. The molecule has 0 rings (SSSR count). The van der Waals surface area contributed by atoms with Gasteiger partial charge in [-0.25, -0.2) is 0 Å². The van der Waals surface area contributed by atoms with Crippen molar-refractivity contribution < 1.29 is 9.90 Å². The summed E-state index contributed by atoms with van der Waals surface area (Å²) < 4.78 is 0. The molecule has 82 valence electrons. The number of carbonyl (C=O) groups is 1. The van der Waals surface area contributed by atoms with Crippen LogP contribution < -0.4 is 16.8 Å². The number of nitrogens with one attached hydrogen (secondary N) is 1. The highest BCUT2D eigenvalue weighted by Crippen LogP contribution is 2.07. The van der Waals surface area contributed by atoms with Crippen LogP contribution in [0.3, 0.4) is 0 Å². The fourth-order valence-corrected chi connectivity index (χ4v) is 0.858. The van der Waals surface area contributed by atoms with Crippen molar-refractivity contribution in [2.75, 3.05) is 13.6 Å². The summed E-state index contributed by atoms with van der Waals surface area (Å²) in [6.07, 6.45) is 1.03. The van der Waals surface area contributed by atoms with Crippen molar-refractivity contribution in [2.24, 2.45) is 16.5 Å². The number of aliphatic imine (C=N–C) groups is 1. The number of nitrogens with zero attached hydrogens (tertiary/aromatic N) is 1. The molecule has 14 heavy (non-hydrogen) atoms. The van der Waals surface area contributed by atoms with E-state index in [0.29, 0.717) is 25.3 Å². The van der Waals surface area contributed by atoms with Gasteiger partial charge in [0.15, 0.2) is 5.96 Å². The molecule has 0 aromatic rings. The lowest BCUT2D eigenvalue weighted by molar-refractivity contribution is -0.142. The van der Waals surface area contributed by atoms with E-state index in [4.69, 9.17) is 16.6 Å². The first kappa shape index (κ1) is 12.7. The number of guanidine groups is 1. The van der Waals surface area contributed by atoms with E-state index < -0.39 is 11.5 Å². The SMILES string of the molecule is CN=C(N)NCCCC(C)(N)C(=O)O. The van der Waals surface area contributed by atoms with E-state index in [2.05, 4.69) is 10.3 Å². The van der Waals surface area contributed by atoms with Crippen molar-refractivity contribution in [2.45, 2.75) is 25.3 Å². The van der Waals surface area contributed by atoms with E-state index in [1.165, 1.54) is 6.92 Å². The average molecular weight is 202 g/mol. The van der Waals surface area contributed by atoms with E-state index in [0.717, 1.165) is 0 Å². The van der Waals surface area contributed by atoms with Crippen LogP contribution in [0.4, 0.5) is 0 Å². The minimum Gasteiger partial charge on any atom is -0.480 e. The second-order valence-corrected chi connectivity index (χ2v) is 3.36. The van der Waals surface area contributed by atoms with Crippen LogP contribution in [0.1, 0.15) is 19.8 Å². The highest BCUT2D eigenvalue weighted by Gasteiger charge is 2.26. The van der Waals surface area contributed by atoms with E-state index in [9.17, 15) is 4.79 Å². The molecule has 0 bridgehead atoms. The number of rotatable bonds is 5. The number of nitrogens with two attached hydrogens (primary N) is 2. The lowest BCUT2D eigenvalue weighted by Gasteiger charge is -2.18. The zero-order valence-corrected chi connectivity index (χ0v) is 8.58. The lowest BCUT2D eigenvalue weighted by Crippen LogP contribution is -2.45. The molecule has 1 atom stereocenters. The van der Waals surface area contributed by atoms with Crippen LogP contribution in [0.25, 0.3) is 0 Å². The first-order valence-electron chi connectivity index (χ1n) is 4.38. The molecule has 0 aliphatic rings. The number of carboxylic acid groups (broad SMARTS) is 1. The van der Waals surface area contributed by atoms with E-state index in [1.54, 1.807) is 7.05 Å². The van der Waals surface area contributed by atoms with Gasteiger partial charge in [0, 0.05) is 13.6 Å². The predicted molar refractivity (Wildman–Crippen MR) is 55.0 cm³/mol. The molecule has 6 N–H and O–H groups in total. The van der Waals surface area contributed by atoms with Gasteiger partial charge in [0.2, 0.25) is 0 Å². The Kier molecular flexibility index (Phi) is 4.93. The molecule has 0 saturated carbocycles. The molecule has 0 fully saturated rings. The maximum atomic E-state index is 10.6. The summed E-state index contributed by atoms with van der Waals surface area (Å²) in [5.74, 6) is -0.645. The third-order valence-corrected chi connectivity index (χ3v) is 1.91. The molecular formula is C8H18N4O2. The Hall–Kier alpha value is -1.30. The zero-order chi connectivity index (χ0) is 11.2. The monoisotopic (exact) mass is 202 g/mol. The fourth-order valence-electron chi connectivity index (χ4n) is 0.858. The third-order valence-electron chi connectivity index (χ3n) is 1.91. The van der Waals surface area contributed by atoms with Gasteiger partial charge < -0.3 is 21.9 Å². The van der Waals surface area contributed by atoms with Crippen molar-refractivity contribution in [3.05, 3.63) is 0 Å². The standard InChI is InChI=1S/C8H18N4O2/c1-8(10,6(13)14)4-3-5-12-7(9)11-2/h3-5,10H2,1-2H3,(H,13,14)(H3,9,11,12). The van der Waals surface area contributed by atoms with Crippen LogP contribution in [0.15, 0.2) is 4.99 Å². The molecule has 0 aromatic heterocycles. The number of hydrogen-bond donors (Lipinski definition) is 4. The minimum atomic E-state index is -1.17. The summed E-state index contributed by atoms with van der Waals surface area (Å²) in [4.78, 5) is 14.3. The quantitative estimate of drug-likeness (QED) is 0.262. The first-order chi connectivity index (χ1) is 6.40. The Morgan fingerprint density at radius 1 is 1.64 bits per heavy atom. The topological polar surface area (TPSA) is 114 Å². The minimum absolute atomic E-state index is 0.346. The van der Waals surface area contributed by atoms with Gasteiger partial charge in [0.25, 0.3) is 0 Å². The number of hydrogen-bond acceptors (Lipinski definition) is 3. The highest BCUT2D eigenvalue weighted by molar-refractivity contribution is 5.78. The van der Waals surface area contributed by atoms with Crippen molar-refractivity contribution in [1.29, 1.82) is 0 Å². The average Bonchev–Trinajstić information content (AvgIpc) is 2.11. The van der Waals surface area contributed by atoms with E-state index in [-0.39, 0.29) is 0 Å². The van der Waals surface area contributed by atoms with Gasteiger partial charge in [-0.2, -0.15) is 0 Å². The van der Waals surface area contributed by atoms with Crippen molar-refractivity contribution in [3.8, 4) is 0 Å². The van der Waals surface area contributed by atoms with Crippen LogP contribution in [0, 0.1) is 0 Å². The molecule has 6 heteroatoms. The van der Waals surface area contributed by atoms with Gasteiger partial charge >= 0.3 is 5.97 Å². The molecule has 0 heterocycles. The molecule has 0 aliphatic heterocycles. The van der Waals surface area contributed by atoms with Gasteiger partial charge in [-0.05, 0) is 19.8 Å². The normalized spacial score (nSPS) is 16.1.